The normalized spacial score (nSPS) is 13.4. The van der Waals surface area contributed by atoms with E-state index in [0.717, 1.165) is 16.9 Å². The number of aryl methyl sites for hydroxylation is 2. The molecular weight excluding hydrogens is 290 g/mol. The highest BCUT2D eigenvalue weighted by molar-refractivity contribution is 5.83. The lowest BCUT2D eigenvalue weighted by molar-refractivity contribution is -0.122. The number of aromatic nitrogens is 1. The minimum absolute atomic E-state index is 0.00675. The van der Waals surface area contributed by atoms with Crippen molar-refractivity contribution in [1.29, 1.82) is 0 Å². The van der Waals surface area contributed by atoms with Crippen LogP contribution < -0.4 is 10.2 Å². The summed E-state index contributed by atoms with van der Waals surface area (Å²) in [6.45, 7) is 8.26. The highest BCUT2D eigenvalue weighted by Gasteiger charge is 2.23. The Morgan fingerprint density at radius 2 is 1.91 bits per heavy atom. The molecule has 0 aliphatic carbocycles. The van der Waals surface area contributed by atoms with Gasteiger partial charge in [0.1, 0.15) is 5.76 Å². The first kappa shape index (κ1) is 17.1. The van der Waals surface area contributed by atoms with Gasteiger partial charge in [0.2, 0.25) is 5.91 Å². The number of carbonyl (C=O) groups is 1. The van der Waals surface area contributed by atoms with Crippen molar-refractivity contribution in [2.75, 3.05) is 18.5 Å². The summed E-state index contributed by atoms with van der Waals surface area (Å²) in [5.41, 5.74) is 2.79. The third kappa shape index (κ3) is 3.92. The molecule has 1 amide bonds. The standard InChI is InChI=1S/C18H25N3O2/c1-12(21(5)16-9-7-6-8-10-16)11-19-18(22)13(2)17-14(3)20-23-15(17)4/h6-10,12-13H,11H2,1-5H3,(H,19,22)/t12-,13-/m0/s1. The Kier molecular flexibility index (Phi) is 5.42. The highest BCUT2D eigenvalue weighted by Crippen LogP contribution is 2.23. The van der Waals surface area contributed by atoms with Crippen molar-refractivity contribution in [3.8, 4) is 0 Å². The Morgan fingerprint density at radius 1 is 1.26 bits per heavy atom. The van der Waals surface area contributed by atoms with Crippen LogP contribution in [0.15, 0.2) is 34.9 Å². The fourth-order valence-electron chi connectivity index (χ4n) is 2.70. The maximum absolute atomic E-state index is 12.4. The number of anilines is 1. The SMILES string of the molecule is Cc1noc(C)c1[C@H](C)C(=O)NC[C@H](C)N(C)c1ccccc1. The van der Waals surface area contributed by atoms with Gasteiger partial charge in [0.25, 0.3) is 0 Å². The van der Waals surface area contributed by atoms with E-state index in [1.807, 2.05) is 46.0 Å². The number of para-hydroxylation sites is 1. The van der Waals surface area contributed by atoms with Crippen LogP contribution in [0.2, 0.25) is 0 Å². The monoisotopic (exact) mass is 315 g/mol. The molecule has 2 aromatic rings. The van der Waals surface area contributed by atoms with Gasteiger partial charge < -0.3 is 14.7 Å². The van der Waals surface area contributed by atoms with Crippen LogP contribution in [0.5, 0.6) is 0 Å². The summed E-state index contributed by atoms with van der Waals surface area (Å²) in [5.74, 6) is 0.433. The van der Waals surface area contributed by atoms with Crippen molar-refractivity contribution in [1.82, 2.24) is 10.5 Å². The Bertz CT molecular complexity index is 632. The molecule has 1 aromatic heterocycles. The quantitative estimate of drug-likeness (QED) is 0.890. The maximum atomic E-state index is 12.4. The number of hydrogen-bond donors (Lipinski definition) is 1. The van der Waals surface area contributed by atoms with Crippen LogP contribution in [0.3, 0.4) is 0 Å². The van der Waals surface area contributed by atoms with Gasteiger partial charge in [-0.05, 0) is 39.8 Å². The molecule has 0 unspecified atom stereocenters. The van der Waals surface area contributed by atoms with Gasteiger partial charge in [-0.15, -0.1) is 0 Å². The molecule has 5 nitrogen and oxygen atoms in total. The lowest BCUT2D eigenvalue weighted by atomic mass is 9.98. The molecule has 0 bridgehead atoms. The molecule has 0 saturated heterocycles. The zero-order valence-corrected chi connectivity index (χ0v) is 14.5. The third-order valence-electron chi connectivity index (χ3n) is 4.31. The predicted octanol–water partition coefficient (Wildman–Crippen LogP) is 3.04. The van der Waals surface area contributed by atoms with E-state index in [1.165, 1.54) is 0 Å². The first-order valence-electron chi connectivity index (χ1n) is 7.90. The summed E-state index contributed by atoms with van der Waals surface area (Å²) < 4.78 is 5.15. The maximum Gasteiger partial charge on any atom is 0.227 e. The summed E-state index contributed by atoms with van der Waals surface area (Å²) in [6.07, 6.45) is 0. The second kappa shape index (κ2) is 7.31. The van der Waals surface area contributed by atoms with Gasteiger partial charge in [0.15, 0.2) is 0 Å². The summed E-state index contributed by atoms with van der Waals surface area (Å²) in [4.78, 5) is 14.6. The van der Waals surface area contributed by atoms with Crippen LogP contribution in [0.25, 0.3) is 0 Å². The number of nitrogens with one attached hydrogen (secondary N) is 1. The van der Waals surface area contributed by atoms with E-state index in [2.05, 4.69) is 34.4 Å². The number of benzene rings is 1. The first-order chi connectivity index (χ1) is 10.9. The molecule has 0 saturated carbocycles. The summed E-state index contributed by atoms with van der Waals surface area (Å²) in [7, 11) is 2.03. The molecule has 0 radical (unpaired) electrons. The smallest absolute Gasteiger partial charge is 0.227 e. The van der Waals surface area contributed by atoms with Crippen LogP contribution in [0.1, 0.15) is 36.8 Å². The molecule has 2 rings (SSSR count). The van der Waals surface area contributed by atoms with Crippen LogP contribution in [0, 0.1) is 13.8 Å². The fraction of sp³-hybridized carbons (Fsp3) is 0.444. The van der Waals surface area contributed by atoms with Gasteiger partial charge in [0.05, 0.1) is 11.6 Å². The molecule has 2 atom stereocenters. The number of carbonyl (C=O) groups excluding carboxylic acids is 1. The van der Waals surface area contributed by atoms with E-state index in [-0.39, 0.29) is 17.9 Å². The van der Waals surface area contributed by atoms with Crippen molar-refractivity contribution in [3.05, 3.63) is 47.3 Å². The van der Waals surface area contributed by atoms with Crippen LogP contribution in [-0.2, 0) is 4.79 Å². The minimum atomic E-state index is -0.268. The number of nitrogens with zero attached hydrogens (tertiary/aromatic N) is 2. The zero-order valence-electron chi connectivity index (χ0n) is 14.5. The Morgan fingerprint density at radius 3 is 2.48 bits per heavy atom. The second-order valence-corrected chi connectivity index (χ2v) is 6.00. The topological polar surface area (TPSA) is 58.4 Å². The molecule has 1 N–H and O–H groups in total. The van der Waals surface area contributed by atoms with Crippen molar-refractivity contribution in [2.24, 2.45) is 0 Å². The van der Waals surface area contributed by atoms with Crippen molar-refractivity contribution in [3.63, 3.8) is 0 Å². The lowest BCUT2D eigenvalue weighted by Crippen LogP contribution is -2.41. The van der Waals surface area contributed by atoms with E-state index in [0.29, 0.717) is 12.3 Å². The highest BCUT2D eigenvalue weighted by atomic mass is 16.5. The average Bonchev–Trinajstić information content (AvgIpc) is 2.90. The van der Waals surface area contributed by atoms with Crippen LogP contribution in [0.4, 0.5) is 5.69 Å². The lowest BCUT2D eigenvalue weighted by Gasteiger charge is -2.27. The number of likely N-dealkylation sites (N-methyl/N-ethyl adjacent to an activating group) is 1. The number of hydrogen-bond acceptors (Lipinski definition) is 4. The predicted molar refractivity (Wildman–Crippen MR) is 91.7 cm³/mol. The van der Waals surface area contributed by atoms with E-state index in [9.17, 15) is 4.79 Å². The van der Waals surface area contributed by atoms with E-state index >= 15 is 0 Å². The van der Waals surface area contributed by atoms with Crippen molar-refractivity contribution < 1.29 is 9.32 Å². The van der Waals surface area contributed by atoms with Gasteiger partial charge in [-0.1, -0.05) is 23.4 Å². The van der Waals surface area contributed by atoms with Crippen LogP contribution in [-0.4, -0.2) is 30.7 Å². The van der Waals surface area contributed by atoms with Gasteiger partial charge in [-0.25, -0.2) is 0 Å². The summed E-state index contributed by atoms with van der Waals surface area (Å²) in [5, 5.41) is 6.95. The molecule has 1 aromatic carbocycles. The van der Waals surface area contributed by atoms with Crippen LogP contribution >= 0.6 is 0 Å². The van der Waals surface area contributed by atoms with Crippen molar-refractivity contribution >= 4 is 11.6 Å². The van der Waals surface area contributed by atoms with Gasteiger partial charge in [0, 0.05) is 30.9 Å². The fourth-order valence-corrected chi connectivity index (χ4v) is 2.70. The average molecular weight is 315 g/mol. The van der Waals surface area contributed by atoms with Crippen molar-refractivity contribution in [2.45, 2.75) is 39.7 Å². The Balaban J connectivity index is 1.93. The first-order valence-corrected chi connectivity index (χ1v) is 7.90. The summed E-state index contributed by atoms with van der Waals surface area (Å²) >= 11 is 0. The molecule has 124 valence electrons. The van der Waals surface area contributed by atoms with Gasteiger partial charge >= 0.3 is 0 Å². The molecular formula is C18H25N3O2. The van der Waals surface area contributed by atoms with Gasteiger partial charge in [-0.3, -0.25) is 4.79 Å². The molecule has 0 aliphatic rings. The Labute approximate surface area is 137 Å². The number of rotatable bonds is 6. The second-order valence-electron chi connectivity index (χ2n) is 6.00. The molecule has 0 fully saturated rings. The zero-order chi connectivity index (χ0) is 17.0. The van der Waals surface area contributed by atoms with E-state index < -0.39 is 0 Å². The molecule has 5 heteroatoms. The molecule has 1 heterocycles. The molecule has 23 heavy (non-hydrogen) atoms. The Hall–Kier alpha value is -2.30. The van der Waals surface area contributed by atoms with Gasteiger partial charge in [-0.2, -0.15) is 0 Å². The molecule has 0 aliphatic heterocycles. The summed E-state index contributed by atoms with van der Waals surface area (Å²) in [6, 6.07) is 10.3. The largest absolute Gasteiger partial charge is 0.370 e. The minimum Gasteiger partial charge on any atom is -0.370 e. The third-order valence-corrected chi connectivity index (χ3v) is 4.31. The molecule has 0 spiro atoms. The number of amides is 1. The van der Waals surface area contributed by atoms with E-state index in [4.69, 9.17) is 4.52 Å². The van der Waals surface area contributed by atoms with E-state index in [1.54, 1.807) is 0 Å².